The highest BCUT2D eigenvalue weighted by atomic mass is 16.5. The molecule has 4 nitrogen and oxygen atoms in total. The lowest BCUT2D eigenvalue weighted by Crippen LogP contribution is -2.38. The number of likely N-dealkylation sites (tertiary alicyclic amines) is 1. The lowest BCUT2D eigenvalue weighted by molar-refractivity contribution is 0.0611. The number of amides is 1. The average Bonchev–Trinajstić information content (AvgIpc) is 2.67. The Balaban J connectivity index is 1.95. The van der Waals surface area contributed by atoms with Crippen molar-refractivity contribution in [1.29, 1.82) is 5.26 Å². The van der Waals surface area contributed by atoms with Gasteiger partial charge in [-0.1, -0.05) is 24.3 Å². The predicted octanol–water partition coefficient (Wildman–Crippen LogP) is 3.93. The number of carbonyl (C=O) groups excluding carboxylic acids is 1. The van der Waals surface area contributed by atoms with Crippen molar-refractivity contribution in [2.24, 2.45) is 0 Å². The highest BCUT2D eigenvalue weighted by Gasteiger charge is 2.29. The monoisotopic (exact) mass is 320 g/mol. The number of benzene rings is 2. The van der Waals surface area contributed by atoms with Gasteiger partial charge in [0, 0.05) is 6.54 Å². The van der Waals surface area contributed by atoms with Crippen LogP contribution in [-0.4, -0.2) is 24.5 Å². The molecule has 4 heteroatoms. The normalized spacial score (nSPS) is 17.2. The minimum absolute atomic E-state index is 0.0214. The second-order valence-electron chi connectivity index (χ2n) is 5.94. The first-order valence-corrected chi connectivity index (χ1v) is 8.18. The molecular formula is C20H20N2O2. The van der Waals surface area contributed by atoms with Gasteiger partial charge in [0.15, 0.2) is 0 Å². The van der Waals surface area contributed by atoms with E-state index in [0.29, 0.717) is 17.7 Å². The number of hydrogen-bond acceptors (Lipinski definition) is 3. The fourth-order valence-electron chi connectivity index (χ4n) is 3.29. The molecule has 0 aliphatic carbocycles. The standard InChI is InChI=1S/C20H20N2O2/c1-24-17-9-6-8-15(13-17)19-11-4-5-12-22(19)20(23)18-10-3-2-7-16(18)14-21/h2-3,6-10,13,19H,4-5,11-12H2,1H3. The Morgan fingerprint density at radius 1 is 1.21 bits per heavy atom. The van der Waals surface area contributed by atoms with Crippen molar-refractivity contribution in [1.82, 2.24) is 4.90 Å². The van der Waals surface area contributed by atoms with E-state index in [0.717, 1.165) is 30.6 Å². The Labute approximate surface area is 142 Å². The maximum absolute atomic E-state index is 13.1. The molecule has 0 N–H and O–H groups in total. The molecule has 2 aromatic carbocycles. The molecule has 1 amide bonds. The van der Waals surface area contributed by atoms with Gasteiger partial charge in [-0.05, 0) is 49.1 Å². The summed E-state index contributed by atoms with van der Waals surface area (Å²) in [5.41, 5.74) is 1.99. The van der Waals surface area contributed by atoms with Crippen molar-refractivity contribution < 1.29 is 9.53 Å². The summed E-state index contributed by atoms with van der Waals surface area (Å²) in [6.07, 6.45) is 3.00. The van der Waals surface area contributed by atoms with Gasteiger partial charge in [-0.2, -0.15) is 5.26 Å². The third-order valence-corrected chi connectivity index (χ3v) is 4.52. The quantitative estimate of drug-likeness (QED) is 0.861. The molecule has 24 heavy (non-hydrogen) atoms. The number of rotatable bonds is 3. The molecule has 1 saturated heterocycles. The van der Waals surface area contributed by atoms with Crippen molar-refractivity contribution in [3.63, 3.8) is 0 Å². The summed E-state index contributed by atoms with van der Waals surface area (Å²) >= 11 is 0. The molecule has 3 rings (SSSR count). The van der Waals surface area contributed by atoms with Crippen LogP contribution in [0.5, 0.6) is 5.75 Å². The highest BCUT2D eigenvalue weighted by molar-refractivity contribution is 5.97. The molecule has 0 saturated carbocycles. The summed E-state index contributed by atoms with van der Waals surface area (Å²) in [5, 5.41) is 9.28. The molecule has 2 aromatic rings. The number of nitrogens with zero attached hydrogens (tertiary/aromatic N) is 2. The van der Waals surface area contributed by atoms with Gasteiger partial charge in [0.25, 0.3) is 5.91 Å². The van der Waals surface area contributed by atoms with E-state index >= 15 is 0 Å². The van der Waals surface area contributed by atoms with Crippen LogP contribution >= 0.6 is 0 Å². The van der Waals surface area contributed by atoms with Gasteiger partial charge in [-0.3, -0.25) is 4.79 Å². The van der Waals surface area contributed by atoms with Crippen molar-refractivity contribution in [2.45, 2.75) is 25.3 Å². The van der Waals surface area contributed by atoms with Crippen LogP contribution in [0.1, 0.15) is 46.8 Å². The fraction of sp³-hybridized carbons (Fsp3) is 0.300. The Bertz CT molecular complexity index is 779. The Kier molecular flexibility index (Phi) is 4.81. The molecule has 0 bridgehead atoms. The van der Waals surface area contributed by atoms with E-state index in [1.54, 1.807) is 31.4 Å². The Hall–Kier alpha value is -2.80. The summed E-state index contributed by atoms with van der Waals surface area (Å²) in [7, 11) is 1.64. The summed E-state index contributed by atoms with van der Waals surface area (Å²) in [6, 6.07) is 17.0. The number of ether oxygens (including phenoxy) is 1. The fourth-order valence-corrected chi connectivity index (χ4v) is 3.29. The second kappa shape index (κ2) is 7.18. The van der Waals surface area contributed by atoms with Gasteiger partial charge in [-0.25, -0.2) is 0 Å². The maximum atomic E-state index is 13.1. The SMILES string of the molecule is COc1cccc(C2CCCCN2C(=O)c2ccccc2C#N)c1. The zero-order valence-corrected chi connectivity index (χ0v) is 13.7. The minimum Gasteiger partial charge on any atom is -0.497 e. The van der Waals surface area contributed by atoms with Crippen molar-refractivity contribution >= 4 is 5.91 Å². The van der Waals surface area contributed by atoms with Crippen LogP contribution in [-0.2, 0) is 0 Å². The van der Waals surface area contributed by atoms with Gasteiger partial charge in [-0.15, -0.1) is 0 Å². The molecule has 1 aliphatic rings. The summed E-state index contributed by atoms with van der Waals surface area (Å²) in [4.78, 5) is 15.0. The molecule has 1 fully saturated rings. The minimum atomic E-state index is -0.0698. The van der Waals surface area contributed by atoms with Crippen LogP contribution < -0.4 is 4.74 Å². The summed E-state index contributed by atoms with van der Waals surface area (Å²) in [5.74, 6) is 0.725. The van der Waals surface area contributed by atoms with E-state index in [4.69, 9.17) is 4.74 Å². The third-order valence-electron chi connectivity index (χ3n) is 4.52. The third kappa shape index (κ3) is 3.11. The zero-order chi connectivity index (χ0) is 16.9. The zero-order valence-electron chi connectivity index (χ0n) is 13.7. The van der Waals surface area contributed by atoms with Gasteiger partial charge < -0.3 is 9.64 Å². The molecule has 0 radical (unpaired) electrons. The topological polar surface area (TPSA) is 53.3 Å². The average molecular weight is 320 g/mol. The first-order valence-electron chi connectivity index (χ1n) is 8.18. The molecule has 1 aliphatic heterocycles. The van der Waals surface area contributed by atoms with E-state index in [-0.39, 0.29) is 11.9 Å². The molecule has 1 heterocycles. The second-order valence-corrected chi connectivity index (χ2v) is 5.94. The predicted molar refractivity (Wildman–Crippen MR) is 91.8 cm³/mol. The number of methoxy groups -OCH3 is 1. The number of piperidine rings is 1. The molecule has 0 aromatic heterocycles. The molecular weight excluding hydrogens is 300 g/mol. The van der Waals surface area contributed by atoms with Crippen LogP contribution in [0.15, 0.2) is 48.5 Å². The van der Waals surface area contributed by atoms with Gasteiger partial charge in [0.1, 0.15) is 5.75 Å². The molecule has 122 valence electrons. The van der Waals surface area contributed by atoms with E-state index < -0.39 is 0 Å². The van der Waals surface area contributed by atoms with E-state index in [1.807, 2.05) is 29.2 Å². The highest BCUT2D eigenvalue weighted by Crippen LogP contribution is 2.33. The first-order chi connectivity index (χ1) is 11.7. The van der Waals surface area contributed by atoms with Crippen molar-refractivity contribution in [3.05, 3.63) is 65.2 Å². The Morgan fingerprint density at radius 2 is 2.04 bits per heavy atom. The van der Waals surface area contributed by atoms with Crippen LogP contribution in [0, 0.1) is 11.3 Å². The summed E-state index contributed by atoms with van der Waals surface area (Å²) in [6.45, 7) is 0.709. The lowest BCUT2D eigenvalue weighted by Gasteiger charge is -2.36. The van der Waals surface area contributed by atoms with E-state index in [2.05, 4.69) is 6.07 Å². The first kappa shape index (κ1) is 16.1. The van der Waals surface area contributed by atoms with Crippen LogP contribution in [0.4, 0.5) is 0 Å². The van der Waals surface area contributed by atoms with Gasteiger partial charge in [0.2, 0.25) is 0 Å². The smallest absolute Gasteiger partial charge is 0.255 e. The maximum Gasteiger partial charge on any atom is 0.255 e. The van der Waals surface area contributed by atoms with Crippen molar-refractivity contribution in [3.8, 4) is 11.8 Å². The van der Waals surface area contributed by atoms with Crippen molar-refractivity contribution in [2.75, 3.05) is 13.7 Å². The van der Waals surface area contributed by atoms with Crippen LogP contribution in [0.3, 0.4) is 0 Å². The number of carbonyl (C=O) groups is 1. The van der Waals surface area contributed by atoms with E-state index in [9.17, 15) is 10.1 Å². The molecule has 1 unspecified atom stereocenters. The molecule has 1 atom stereocenters. The van der Waals surface area contributed by atoms with E-state index in [1.165, 1.54) is 0 Å². The van der Waals surface area contributed by atoms with Gasteiger partial charge >= 0.3 is 0 Å². The lowest BCUT2D eigenvalue weighted by atomic mass is 9.93. The summed E-state index contributed by atoms with van der Waals surface area (Å²) < 4.78 is 5.32. The van der Waals surface area contributed by atoms with Gasteiger partial charge in [0.05, 0.1) is 30.3 Å². The number of nitriles is 1. The number of hydrogen-bond donors (Lipinski definition) is 0. The Morgan fingerprint density at radius 3 is 2.83 bits per heavy atom. The van der Waals surface area contributed by atoms with Crippen LogP contribution in [0.25, 0.3) is 0 Å². The largest absolute Gasteiger partial charge is 0.497 e. The van der Waals surface area contributed by atoms with Crippen LogP contribution in [0.2, 0.25) is 0 Å². The molecule has 0 spiro atoms.